The smallest absolute Gasteiger partial charge is 0.231 e. The van der Waals surface area contributed by atoms with Crippen LogP contribution >= 0.6 is 11.3 Å². The first-order chi connectivity index (χ1) is 7.70. The summed E-state index contributed by atoms with van der Waals surface area (Å²) in [5, 5.41) is 19.0. The number of amides is 1. The van der Waals surface area contributed by atoms with Gasteiger partial charge in [-0.2, -0.15) is 0 Å². The Hall–Kier alpha value is -1.01. The van der Waals surface area contributed by atoms with Gasteiger partial charge in [-0.25, -0.2) is 0 Å². The number of carbonyl (C=O) groups excluding carboxylic acids is 1. The standard InChI is InChI=1S/C10H15N3O2S/c1-2-3-4-8-11-12-10(16-8)13-6-7(14)5-9(13)15/h7,14H,2-6H2,1H3. The average molecular weight is 241 g/mol. The van der Waals surface area contributed by atoms with Gasteiger partial charge in [0, 0.05) is 6.42 Å². The molecule has 0 aliphatic carbocycles. The first kappa shape index (κ1) is 11.5. The number of anilines is 1. The van der Waals surface area contributed by atoms with Crippen LogP contribution in [0.4, 0.5) is 5.13 Å². The quantitative estimate of drug-likeness (QED) is 0.853. The molecule has 88 valence electrons. The van der Waals surface area contributed by atoms with E-state index in [1.54, 1.807) is 0 Å². The summed E-state index contributed by atoms with van der Waals surface area (Å²) in [7, 11) is 0. The largest absolute Gasteiger partial charge is 0.391 e. The highest BCUT2D eigenvalue weighted by atomic mass is 32.1. The van der Waals surface area contributed by atoms with Crippen molar-refractivity contribution in [2.45, 2.75) is 38.7 Å². The van der Waals surface area contributed by atoms with Gasteiger partial charge < -0.3 is 5.11 Å². The van der Waals surface area contributed by atoms with Crippen molar-refractivity contribution in [3.05, 3.63) is 5.01 Å². The van der Waals surface area contributed by atoms with Gasteiger partial charge in [0.15, 0.2) is 0 Å². The molecule has 1 aliphatic heterocycles. The summed E-state index contributed by atoms with van der Waals surface area (Å²) >= 11 is 1.45. The zero-order chi connectivity index (χ0) is 11.5. The third-order valence-corrected chi connectivity index (χ3v) is 3.54. The number of carbonyl (C=O) groups is 1. The lowest BCUT2D eigenvalue weighted by Crippen LogP contribution is -2.24. The van der Waals surface area contributed by atoms with Crippen LogP contribution in [0.2, 0.25) is 0 Å². The van der Waals surface area contributed by atoms with Gasteiger partial charge in [-0.1, -0.05) is 24.7 Å². The number of aromatic nitrogens is 2. The Labute approximate surface area is 98.1 Å². The van der Waals surface area contributed by atoms with Crippen LogP contribution in [0.3, 0.4) is 0 Å². The number of unbranched alkanes of at least 4 members (excludes halogenated alkanes) is 1. The van der Waals surface area contributed by atoms with Crippen LogP contribution in [-0.2, 0) is 11.2 Å². The minimum Gasteiger partial charge on any atom is -0.391 e. The van der Waals surface area contributed by atoms with Crippen molar-refractivity contribution < 1.29 is 9.90 Å². The van der Waals surface area contributed by atoms with Gasteiger partial charge in [-0.15, -0.1) is 10.2 Å². The van der Waals surface area contributed by atoms with Crippen molar-refractivity contribution in [1.82, 2.24) is 10.2 Å². The summed E-state index contributed by atoms with van der Waals surface area (Å²) in [6, 6.07) is 0. The Morgan fingerprint density at radius 2 is 2.38 bits per heavy atom. The molecule has 1 N–H and O–H groups in total. The first-order valence-corrected chi connectivity index (χ1v) is 6.33. The fourth-order valence-electron chi connectivity index (χ4n) is 1.66. The Morgan fingerprint density at radius 3 is 3.00 bits per heavy atom. The SMILES string of the molecule is CCCCc1nnc(N2CC(O)CC2=O)s1. The summed E-state index contributed by atoms with van der Waals surface area (Å²) in [5.41, 5.74) is 0. The van der Waals surface area contributed by atoms with Crippen LogP contribution in [0.5, 0.6) is 0 Å². The molecule has 6 heteroatoms. The van der Waals surface area contributed by atoms with Crippen molar-refractivity contribution in [3.8, 4) is 0 Å². The van der Waals surface area contributed by atoms with E-state index in [4.69, 9.17) is 0 Å². The maximum Gasteiger partial charge on any atom is 0.231 e. The fourth-order valence-corrected chi connectivity index (χ4v) is 2.56. The number of hydrogen-bond donors (Lipinski definition) is 1. The predicted octanol–water partition coefficient (Wildman–Crippen LogP) is 0.978. The maximum absolute atomic E-state index is 11.5. The third-order valence-electron chi connectivity index (χ3n) is 2.54. The minimum atomic E-state index is -0.560. The molecule has 1 saturated heterocycles. The van der Waals surface area contributed by atoms with Gasteiger partial charge in [-0.05, 0) is 6.42 Å². The monoisotopic (exact) mass is 241 g/mol. The van der Waals surface area contributed by atoms with Crippen LogP contribution < -0.4 is 4.90 Å². The molecule has 0 bridgehead atoms. The molecule has 1 amide bonds. The lowest BCUT2D eigenvalue weighted by atomic mass is 10.3. The topological polar surface area (TPSA) is 66.3 Å². The van der Waals surface area contributed by atoms with E-state index in [9.17, 15) is 9.90 Å². The Balaban J connectivity index is 2.04. The van der Waals surface area contributed by atoms with Crippen LogP contribution in [0.15, 0.2) is 0 Å². The second kappa shape index (κ2) is 4.88. The van der Waals surface area contributed by atoms with Crippen molar-refractivity contribution in [2.75, 3.05) is 11.4 Å². The molecule has 1 aromatic rings. The number of nitrogens with zero attached hydrogens (tertiary/aromatic N) is 3. The highest BCUT2D eigenvalue weighted by molar-refractivity contribution is 7.15. The van der Waals surface area contributed by atoms with Gasteiger partial charge in [0.25, 0.3) is 0 Å². The highest BCUT2D eigenvalue weighted by Crippen LogP contribution is 2.25. The number of hydrogen-bond acceptors (Lipinski definition) is 5. The Kier molecular flexibility index (Phi) is 3.50. The second-order valence-electron chi connectivity index (χ2n) is 3.94. The van der Waals surface area contributed by atoms with E-state index in [0.717, 1.165) is 24.3 Å². The van der Waals surface area contributed by atoms with Gasteiger partial charge in [0.05, 0.1) is 19.1 Å². The van der Waals surface area contributed by atoms with Crippen LogP contribution in [0.1, 0.15) is 31.2 Å². The molecular formula is C10H15N3O2S. The van der Waals surface area contributed by atoms with Crippen LogP contribution in [0.25, 0.3) is 0 Å². The van der Waals surface area contributed by atoms with E-state index in [0.29, 0.717) is 11.7 Å². The number of aryl methyl sites for hydroxylation is 1. The van der Waals surface area contributed by atoms with E-state index < -0.39 is 6.10 Å². The molecule has 0 spiro atoms. The molecule has 1 aliphatic rings. The molecule has 1 atom stereocenters. The van der Waals surface area contributed by atoms with E-state index in [1.807, 2.05) is 0 Å². The molecule has 2 heterocycles. The first-order valence-electron chi connectivity index (χ1n) is 5.51. The summed E-state index contributed by atoms with van der Waals surface area (Å²) in [6.45, 7) is 2.48. The summed E-state index contributed by atoms with van der Waals surface area (Å²) < 4.78 is 0. The summed E-state index contributed by atoms with van der Waals surface area (Å²) in [5.74, 6) is -0.0642. The lowest BCUT2D eigenvalue weighted by molar-refractivity contribution is -0.117. The maximum atomic E-state index is 11.5. The summed E-state index contributed by atoms with van der Waals surface area (Å²) in [4.78, 5) is 13.0. The molecule has 0 saturated carbocycles. The normalized spacial score (nSPS) is 20.8. The summed E-state index contributed by atoms with van der Waals surface area (Å²) in [6.07, 6.45) is 2.76. The van der Waals surface area contributed by atoms with Gasteiger partial charge in [0.2, 0.25) is 11.0 Å². The van der Waals surface area contributed by atoms with Crippen LogP contribution in [0, 0.1) is 0 Å². The lowest BCUT2D eigenvalue weighted by Gasteiger charge is -2.09. The second-order valence-corrected chi connectivity index (χ2v) is 4.98. The number of β-amino-alcohol motifs (C(OH)–C–C–N with tert-alkyl or cyclic N) is 1. The van der Waals surface area contributed by atoms with E-state index >= 15 is 0 Å². The predicted molar refractivity (Wildman–Crippen MR) is 61.5 cm³/mol. The van der Waals surface area contributed by atoms with Gasteiger partial charge >= 0.3 is 0 Å². The average Bonchev–Trinajstić information content (AvgIpc) is 2.82. The molecule has 1 unspecified atom stereocenters. The van der Waals surface area contributed by atoms with Crippen molar-refractivity contribution >= 4 is 22.4 Å². The number of aliphatic hydroxyl groups is 1. The van der Waals surface area contributed by atoms with Crippen LogP contribution in [-0.4, -0.2) is 33.9 Å². The molecule has 16 heavy (non-hydrogen) atoms. The van der Waals surface area contributed by atoms with Gasteiger partial charge in [0.1, 0.15) is 5.01 Å². The zero-order valence-corrected chi connectivity index (χ0v) is 10.0. The zero-order valence-electron chi connectivity index (χ0n) is 9.22. The third kappa shape index (κ3) is 2.38. The minimum absolute atomic E-state index is 0.0642. The molecule has 0 radical (unpaired) electrons. The van der Waals surface area contributed by atoms with Crippen molar-refractivity contribution in [3.63, 3.8) is 0 Å². The van der Waals surface area contributed by atoms with Gasteiger partial charge in [-0.3, -0.25) is 9.69 Å². The molecular weight excluding hydrogens is 226 g/mol. The molecule has 1 fully saturated rings. The molecule has 0 aromatic carbocycles. The van der Waals surface area contributed by atoms with Crippen molar-refractivity contribution in [2.24, 2.45) is 0 Å². The number of aliphatic hydroxyl groups excluding tert-OH is 1. The molecule has 1 aromatic heterocycles. The number of rotatable bonds is 4. The Morgan fingerprint density at radius 1 is 1.56 bits per heavy atom. The fraction of sp³-hybridized carbons (Fsp3) is 0.700. The highest BCUT2D eigenvalue weighted by Gasteiger charge is 2.31. The van der Waals surface area contributed by atoms with E-state index in [2.05, 4.69) is 17.1 Å². The molecule has 2 rings (SSSR count). The van der Waals surface area contributed by atoms with E-state index in [1.165, 1.54) is 16.2 Å². The molecule has 5 nitrogen and oxygen atoms in total. The Bertz CT molecular complexity index is 380. The van der Waals surface area contributed by atoms with E-state index in [-0.39, 0.29) is 12.3 Å². The van der Waals surface area contributed by atoms with Crippen molar-refractivity contribution in [1.29, 1.82) is 0 Å².